The fourth-order valence-corrected chi connectivity index (χ4v) is 2.58. The molecule has 0 radical (unpaired) electrons. The minimum absolute atomic E-state index is 0.115. The standard InChI is InChI=1S/C16H14O7S/c1-21-15(17)11-8-12(10-14(9-11)24(19,20)22-2)16(18)23-13-6-4-3-5-7-13/h3-10H,1-2H3. The number of carbonyl (C=O) groups is 2. The summed E-state index contributed by atoms with van der Waals surface area (Å²) in [6.07, 6.45) is 0. The molecule has 0 aliphatic heterocycles. The fourth-order valence-electron chi connectivity index (χ4n) is 1.85. The van der Waals surface area contributed by atoms with Crippen LogP contribution in [0, 0.1) is 0 Å². The zero-order valence-corrected chi connectivity index (χ0v) is 13.7. The predicted molar refractivity (Wildman–Crippen MR) is 83.4 cm³/mol. The number of ether oxygens (including phenoxy) is 2. The second-order valence-corrected chi connectivity index (χ2v) is 6.27. The molecule has 0 fully saturated rings. The Labute approximate surface area is 138 Å². The molecule has 126 valence electrons. The Hall–Kier alpha value is -2.71. The van der Waals surface area contributed by atoms with Gasteiger partial charge in [-0.2, -0.15) is 8.42 Å². The first-order valence-corrected chi connectivity index (χ1v) is 8.09. The van der Waals surface area contributed by atoms with Crippen LogP contribution in [0.25, 0.3) is 0 Å². The molecule has 2 rings (SSSR count). The lowest BCUT2D eigenvalue weighted by Gasteiger charge is -2.09. The smallest absolute Gasteiger partial charge is 0.343 e. The highest BCUT2D eigenvalue weighted by atomic mass is 32.2. The predicted octanol–water partition coefficient (Wildman–Crippen LogP) is 2.03. The minimum atomic E-state index is -4.11. The Bertz CT molecular complexity index is 857. The van der Waals surface area contributed by atoms with Gasteiger partial charge in [0.2, 0.25) is 0 Å². The van der Waals surface area contributed by atoms with E-state index < -0.39 is 22.1 Å². The van der Waals surface area contributed by atoms with Gasteiger partial charge in [0.25, 0.3) is 10.1 Å². The van der Waals surface area contributed by atoms with E-state index in [0.29, 0.717) is 0 Å². The largest absolute Gasteiger partial charge is 0.465 e. The summed E-state index contributed by atoms with van der Waals surface area (Å²) in [5, 5.41) is 0. The van der Waals surface area contributed by atoms with Gasteiger partial charge in [-0.15, -0.1) is 0 Å². The van der Waals surface area contributed by atoms with Gasteiger partial charge in [0.15, 0.2) is 0 Å². The van der Waals surface area contributed by atoms with E-state index in [1.165, 1.54) is 6.07 Å². The van der Waals surface area contributed by atoms with Gasteiger partial charge in [-0.05, 0) is 30.3 Å². The van der Waals surface area contributed by atoms with Gasteiger partial charge in [-0.25, -0.2) is 9.59 Å². The van der Waals surface area contributed by atoms with Crippen LogP contribution in [0.5, 0.6) is 5.75 Å². The summed E-state index contributed by atoms with van der Waals surface area (Å²) in [7, 11) is -1.99. The van der Waals surface area contributed by atoms with Gasteiger partial charge in [0.1, 0.15) is 5.75 Å². The van der Waals surface area contributed by atoms with Crippen molar-refractivity contribution in [1.29, 1.82) is 0 Å². The number of para-hydroxylation sites is 1. The van der Waals surface area contributed by atoms with E-state index in [4.69, 9.17) is 4.74 Å². The third-order valence-corrected chi connectivity index (χ3v) is 4.28. The van der Waals surface area contributed by atoms with Crippen LogP contribution >= 0.6 is 0 Å². The molecule has 0 amide bonds. The summed E-state index contributed by atoms with van der Waals surface area (Å²) in [6, 6.07) is 11.5. The summed E-state index contributed by atoms with van der Waals surface area (Å²) in [5.41, 5.74) is -0.243. The monoisotopic (exact) mass is 350 g/mol. The lowest BCUT2D eigenvalue weighted by atomic mass is 10.1. The molecule has 0 spiro atoms. The van der Waals surface area contributed by atoms with Crippen molar-refractivity contribution in [3.8, 4) is 5.75 Å². The second-order valence-electron chi connectivity index (χ2n) is 4.56. The molecule has 24 heavy (non-hydrogen) atoms. The quantitative estimate of drug-likeness (QED) is 0.462. The average Bonchev–Trinajstić information content (AvgIpc) is 2.61. The summed E-state index contributed by atoms with van der Waals surface area (Å²) >= 11 is 0. The molecule has 0 saturated heterocycles. The fraction of sp³-hybridized carbons (Fsp3) is 0.125. The van der Waals surface area contributed by atoms with E-state index in [0.717, 1.165) is 26.4 Å². The van der Waals surface area contributed by atoms with Crippen molar-refractivity contribution < 1.29 is 31.7 Å². The van der Waals surface area contributed by atoms with E-state index in [-0.39, 0.29) is 21.8 Å². The molecule has 0 saturated carbocycles. The maximum Gasteiger partial charge on any atom is 0.343 e. The number of rotatable bonds is 5. The maximum atomic E-state index is 12.2. The topological polar surface area (TPSA) is 96.0 Å². The van der Waals surface area contributed by atoms with Crippen LogP contribution in [0.15, 0.2) is 53.4 Å². The molecule has 0 aliphatic carbocycles. The first-order chi connectivity index (χ1) is 11.4. The normalized spacial score (nSPS) is 10.9. The van der Waals surface area contributed by atoms with E-state index in [1.807, 2.05) is 0 Å². The van der Waals surface area contributed by atoms with E-state index in [9.17, 15) is 18.0 Å². The number of benzene rings is 2. The van der Waals surface area contributed by atoms with Gasteiger partial charge in [-0.3, -0.25) is 4.18 Å². The number of hydrogen-bond donors (Lipinski definition) is 0. The van der Waals surface area contributed by atoms with Crippen LogP contribution in [-0.2, 0) is 19.0 Å². The molecular formula is C16H14O7S. The molecule has 2 aromatic rings. The lowest BCUT2D eigenvalue weighted by Crippen LogP contribution is -2.13. The first kappa shape index (κ1) is 17.6. The highest BCUT2D eigenvalue weighted by Crippen LogP contribution is 2.20. The molecule has 2 aromatic carbocycles. The van der Waals surface area contributed by atoms with Crippen LogP contribution in [0.1, 0.15) is 20.7 Å². The van der Waals surface area contributed by atoms with Crippen LogP contribution in [0.2, 0.25) is 0 Å². The minimum Gasteiger partial charge on any atom is -0.465 e. The van der Waals surface area contributed by atoms with Crippen LogP contribution in [0.3, 0.4) is 0 Å². The number of methoxy groups -OCH3 is 1. The molecule has 0 atom stereocenters. The molecule has 0 aliphatic rings. The van der Waals surface area contributed by atoms with Crippen molar-refractivity contribution in [1.82, 2.24) is 0 Å². The molecule has 0 N–H and O–H groups in total. The molecular weight excluding hydrogens is 336 g/mol. The Balaban J connectivity index is 2.46. The van der Waals surface area contributed by atoms with E-state index in [1.54, 1.807) is 30.3 Å². The van der Waals surface area contributed by atoms with Crippen LogP contribution < -0.4 is 4.74 Å². The van der Waals surface area contributed by atoms with Gasteiger partial charge in [-0.1, -0.05) is 18.2 Å². The maximum absolute atomic E-state index is 12.2. The summed E-state index contributed by atoms with van der Waals surface area (Å²) in [6.45, 7) is 0. The van der Waals surface area contributed by atoms with Gasteiger partial charge < -0.3 is 9.47 Å². The van der Waals surface area contributed by atoms with Crippen LogP contribution in [0.4, 0.5) is 0 Å². The zero-order valence-electron chi connectivity index (χ0n) is 12.9. The summed E-state index contributed by atoms with van der Waals surface area (Å²) in [5.74, 6) is -1.33. The van der Waals surface area contributed by atoms with Crippen molar-refractivity contribution in [3.63, 3.8) is 0 Å². The number of carbonyl (C=O) groups excluding carboxylic acids is 2. The highest BCUT2D eigenvalue weighted by molar-refractivity contribution is 7.86. The van der Waals surface area contributed by atoms with Gasteiger partial charge >= 0.3 is 11.9 Å². The number of hydrogen-bond acceptors (Lipinski definition) is 7. The molecule has 7 nitrogen and oxygen atoms in total. The van der Waals surface area contributed by atoms with Crippen LogP contribution in [-0.4, -0.2) is 34.6 Å². The molecule has 0 heterocycles. The van der Waals surface area contributed by atoms with E-state index in [2.05, 4.69) is 8.92 Å². The third-order valence-electron chi connectivity index (χ3n) is 3.03. The molecule has 0 bridgehead atoms. The average molecular weight is 350 g/mol. The van der Waals surface area contributed by atoms with Crippen molar-refractivity contribution >= 4 is 22.1 Å². The Morgan fingerprint density at radius 3 is 2.00 bits per heavy atom. The molecule has 8 heteroatoms. The van der Waals surface area contributed by atoms with E-state index >= 15 is 0 Å². The Morgan fingerprint density at radius 1 is 0.875 bits per heavy atom. The second kappa shape index (κ2) is 7.24. The first-order valence-electron chi connectivity index (χ1n) is 6.68. The molecule has 0 aromatic heterocycles. The van der Waals surface area contributed by atoms with Crippen molar-refractivity contribution in [2.45, 2.75) is 4.90 Å². The third kappa shape index (κ3) is 3.98. The SMILES string of the molecule is COC(=O)c1cc(C(=O)Oc2ccccc2)cc(S(=O)(=O)OC)c1. The van der Waals surface area contributed by atoms with Gasteiger partial charge in [0, 0.05) is 0 Å². The van der Waals surface area contributed by atoms with Crippen molar-refractivity contribution in [2.24, 2.45) is 0 Å². The summed E-state index contributed by atoms with van der Waals surface area (Å²) < 4.78 is 37.9. The van der Waals surface area contributed by atoms with Crippen molar-refractivity contribution in [2.75, 3.05) is 14.2 Å². The lowest BCUT2D eigenvalue weighted by molar-refractivity contribution is 0.0600. The zero-order chi connectivity index (χ0) is 17.7. The Kier molecular flexibility index (Phi) is 5.32. The number of esters is 2. The summed E-state index contributed by atoms with van der Waals surface area (Å²) in [4.78, 5) is 23.6. The Morgan fingerprint density at radius 2 is 1.46 bits per heavy atom. The molecule has 0 unspecified atom stereocenters. The van der Waals surface area contributed by atoms with Crippen molar-refractivity contribution in [3.05, 3.63) is 59.7 Å². The van der Waals surface area contributed by atoms with Gasteiger partial charge in [0.05, 0.1) is 30.2 Å². The highest BCUT2D eigenvalue weighted by Gasteiger charge is 2.21.